The van der Waals surface area contributed by atoms with Crippen LogP contribution in [-0.2, 0) is 0 Å². The summed E-state index contributed by atoms with van der Waals surface area (Å²) in [6.45, 7) is 0. The highest BCUT2D eigenvalue weighted by atomic mass is 15.1. The Balaban J connectivity index is 1.05. The van der Waals surface area contributed by atoms with Gasteiger partial charge in [0.2, 0.25) is 0 Å². The van der Waals surface area contributed by atoms with Crippen molar-refractivity contribution in [2.24, 2.45) is 0 Å². The van der Waals surface area contributed by atoms with Crippen molar-refractivity contribution in [3.8, 4) is 50.2 Å². The van der Waals surface area contributed by atoms with Gasteiger partial charge < -0.3 is 9.47 Å². The standard InChI is InChI=1S/C64H50N2/c1-5-19-45(20-6-1)50-37-41-62(58(43-50)48-23-9-3-10-24-48)66(60-33-15-13-29-55(60)57-32-18-26-49-25-17-31-54(64(49)57)47-21-7-2-8-22-47)53-39-35-46(36-40-53)51-38-42-63-59(44-51)56-30-14-16-34-61(56)65(63)52-27-11-4-12-28-52/h1,3-6,9-20,23-44,47H,2,7-8,21-22H2. The van der Waals surface area contributed by atoms with Crippen molar-refractivity contribution < 1.29 is 0 Å². The van der Waals surface area contributed by atoms with Crippen molar-refractivity contribution in [2.75, 3.05) is 4.90 Å². The summed E-state index contributed by atoms with van der Waals surface area (Å²) < 4.78 is 2.38. The van der Waals surface area contributed by atoms with Gasteiger partial charge in [-0.25, -0.2) is 0 Å². The van der Waals surface area contributed by atoms with Crippen LogP contribution in [-0.4, -0.2) is 4.57 Å². The molecule has 316 valence electrons. The van der Waals surface area contributed by atoms with E-state index in [4.69, 9.17) is 0 Å². The van der Waals surface area contributed by atoms with Crippen LogP contribution in [0, 0.1) is 0 Å². The molecular formula is C64H50N2. The highest BCUT2D eigenvalue weighted by Gasteiger charge is 2.25. The van der Waals surface area contributed by atoms with Gasteiger partial charge in [-0.2, -0.15) is 0 Å². The molecule has 0 amide bonds. The van der Waals surface area contributed by atoms with Gasteiger partial charge in [-0.1, -0.05) is 195 Å². The maximum atomic E-state index is 2.51. The molecule has 10 aromatic carbocycles. The summed E-state index contributed by atoms with van der Waals surface area (Å²) in [4.78, 5) is 2.51. The Bertz CT molecular complexity index is 3480. The Morgan fingerprint density at radius 2 is 0.939 bits per heavy atom. The van der Waals surface area contributed by atoms with Crippen LogP contribution in [0.4, 0.5) is 17.1 Å². The molecule has 1 saturated carbocycles. The molecule has 66 heavy (non-hydrogen) atoms. The van der Waals surface area contributed by atoms with Gasteiger partial charge >= 0.3 is 0 Å². The smallest absolute Gasteiger partial charge is 0.0541 e. The third-order valence-corrected chi connectivity index (χ3v) is 14.0. The molecule has 2 nitrogen and oxygen atoms in total. The second-order valence-corrected chi connectivity index (χ2v) is 17.9. The predicted molar refractivity (Wildman–Crippen MR) is 281 cm³/mol. The minimum absolute atomic E-state index is 0.573. The minimum atomic E-state index is 0.573. The second-order valence-electron chi connectivity index (χ2n) is 17.9. The molecule has 11 aromatic rings. The quantitative estimate of drug-likeness (QED) is 0.140. The van der Waals surface area contributed by atoms with E-state index in [1.165, 1.54) is 120 Å². The third-order valence-electron chi connectivity index (χ3n) is 14.0. The monoisotopic (exact) mass is 846 g/mol. The lowest BCUT2D eigenvalue weighted by Gasteiger charge is -2.31. The zero-order valence-corrected chi connectivity index (χ0v) is 37.0. The van der Waals surface area contributed by atoms with Crippen LogP contribution in [0.25, 0.3) is 82.8 Å². The molecule has 0 saturated heterocycles. The molecule has 1 fully saturated rings. The number of fused-ring (bicyclic) bond motifs is 4. The average molecular weight is 847 g/mol. The van der Waals surface area contributed by atoms with E-state index in [0.717, 1.165) is 17.1 Å². The third kappa shape index (κ3) is 7.16. The van der Waals surface area contributed by atoms with Crippen molar-refractivity contribution in [1.29, 1.82) is 0 Å². The van der Waals surface area contributed by atoms with Crippen LogP contribution >= 0.6 is 0 Å². The average Bonchev–Trinajstić information content (AvgIpc) is 3.73. The maximum Gasteiger partial charge on any atom is 0.0541 e. The van der Waals surface area contributed by atoms with E-state index in [9.17, 15) is 0 Å². The van der Waals surface area contributed by atoms with Crippen molar-refractivity contribution in [1.82, 2.24) is 4.57 Å². The van der Waals surface area contributed by atoms with E-state index >= 15 is 0 Å². The van der Waals surface area contributed by atoms with Gasteiger partial charge in [0.1, 0.15) is 0 Å². The summed E-state index contributed by atoms with van der Waals surface area (Å²) >= 11 is 0. The number of hydrogen-bond donors (Lipinski definition) is 0. The molecule has 1 aromatic heterocycles. The van der Waals surface area contributed by atoms with Crippen molar-refractivity contribution in [3.63, 3.8) is 0 Å². The summed E-state index contributed by atoms with van der Waals surface area (Å²) in [6.07, 6.45) is 6.45. The Hall–Kier alpha value is -7.94. The molecule has 1 aliphatic rings. The van der Waals surface area contributed by atoms with Crippen molar-refractivity contribution in [3.05, 3.63) is 242 Å². The molecule has 0 bridgehead atoms. The first kappa shape index (κ1) is 39.6. The summed E-state index contributed by atoms with van der Waals surface area (Å²) in [7, 11) is 0. The van der Waals surface area contributed by atoms with Crippen LogP contribution in [0.3, 0.4) is 0 Å². The number of benzene rings is 10. The summed E-state index contributed by atoms with van der Waals surface area (Å²) in [5.41, 5.74) is 18.1. The van der Waals surface area contributed by atoms with Crippen LogP contribution in [0.15, 0.2) is 237 Å². The highest BCUT2D eigenvalue weighted by molar-refractivity contribution is 6.10. The number of anilines is 3. The van der Waals surface area contributed by atoms with E-state index in [1.54, 1.807) is 0 Å². The minimum Gasteiger partial charge on any atom is -0.309 e. The van der Waals surface area contributed by atoms with Crippen LogP contribution < -0.4 is 4.90 Å². The van der Waals surface area contributed by atoms with E-state index in [2.05, 4.69) is 246 Å². The second kappa shape index (κ2) is 17.2. The fraction of sp³-hybridized carbons (Fsp3) is 0.0938. The van der Waals surface area contributed by atoms with E-state index in [0.29, 0.717) is 5.92 Å². The molecule has 0 unspecified atom stereocenters. The normalized spacial score (nSPS) is 13.1. The Labute approximate surface area is 387 Å². The molecule has 0 aliphatic heterocycles. The van der Waals surface area contributed by atoms with Crippen LogP contribution in [0.2, 0.25) is 0 Å². The predicted octanol–water partition coefficient (Wildman–Crippen LogP) is 18.1. The fourth-order valence-corrected chi connectivity index (χ4v) is 10.9. The maximum absolute atomic E-state index is 2.51. The first-order valence-corrected chi connectivity index (χ1v) is 23.6. The zero-order valence-electron chi connectivity index (χ0n) is 37.0. The molecule has 1 aliphatic carbocycles. The van der Waals surface area contributed by atoms with Gasteiger partial charge in [-0.05, 0) is 129 Å². The van der Waals surface area contributed by atoms with Gasteiger partial charge in [0.25, 0.3) is 0 Å². The molecular weight excluding hydrogens is 797 g/mol. The molecule has 0 atom stereocenters. The Kier molecular flexibility index (Phi) is 10.3. The van der Waals surface area contributed by atoms with Gasteiger partial charge in [0.05, 0.1) is 22.4 Å². The number of para-hydroxylation sites is 3. The number of rotatable bonds is 9. The van der Waals surface area contributed by atoms with Gasteiger partial charge in [0.15, 0.2) is 0 Å². The Morgan fingerprint density at radius 3 is 1.73 bits per heavy atom. The van der Waals surface area contributed by atoms with E-state index in [1.807, 2.05) is 0 Å². The Morgan fingerprint density at radius 1 is 0.364 bits per heavy atom. The molecule has 0 spiro atoms. The molecule has 1 heterocycles. The number of nitrogens with zero attached hydrogens (tertiary/aromatic N) is 2. The SMILES string of the molecule is c1ccc(-c2ccc(N(c3ccc(-c4ccc5c(c4)c4ccccc4n5-c4ccccc4)cc3)c3ccccc3-c3cccc4cccc(C5CCCCC5)c34)c(-c3ccccc3)c2)cc1. The van der Waals surface area contributed by atoms with Crippen LogP contribution in [0.1, 0.15) is 43.6 Å². The van der Waals surface area contributed by atoms with E-state index in [-0.39, 0.29) is 0 Å². The lowest BCUT2D eigenvalue weighted by atomic mass is 9.80. The van der Waals surface area contributed by atoms with E-state index < -0.39 is 0 Å². The number of aromatic nitrogens is 1. The lowest BCUT2D eigenvalue weighted by molar-refractivity contribution is 0.445. The molecule has 2 heteroatoms. The molecule has 0 radical (unpaired) electrons. The summed E-state index contributed by atoms with van der Waals surface area (Å²) in [5, 5.41) is 5.20. The molecule has 12 rings (SSSR count). The van der Waals surface area contributed by atoms with Gasteiger partial charge in [-0.15, -0.1) is 0 Å². The summed E-state index contributed by atoms with van der Waals surface area (Å²) in [5.74, 6) is 0.573. The zero-order chi connectivity index (χ0) is 43.8. The number of hydrogen-bond acceptors (Lipinski definition) is 1. The largest absolute Gasteiger partial charge is 0.309 e. The van der Waals surface area contributed by atoms with Crippen LogP contribution in [0.5, 0.6) is 0 Å². The first-order chi connectivity index (χ1) is 32.8. The molecule has 0 N–H and O–H groups in total. The van der Waals surface area contributed by atoms with Crippen molar-refractivity contribution >= 4 is 49.6 Å². The topological polar surface area (TPSA) is 8.17 Å². The summed E-state index contributed by atoms with van der Waals surface area (Å²) in [6, 6.07) is 87.3. The van der Waals surface area contributed by atoms with Gasteiger partial charge in [-0.3, -0.25) is 0 Å². The fourth-order valence-electron chi connectivity index (χ4n) is 10.9. The highest BCUT2D eigenvalue weighted by Crippen LogP contribution is 2.49. The lowest BCUT2D eigenvalue weighted by Crippen LogP contribution is -2.13. The first-order valence-electron chi connectivity index (χ1n) is 23.6. The van der Waals surface area contributed by atoms with Gasteiger partial charge in [0, 0.05) is 33.3 Å². The van der Waals surface area contributed by atoms with Crippen molar-refractivity contribution in [2.45, 2.75) is 38.0 Å².